The first-order valence-corrected chi connectivity index (χ1v) is 7.54. The summed E-state index contributed by atoms with van der Waals surface area (Å²) in [5.41, 5.74) is 5.08. The zero-order valence-electron chi connectivity index (χ0n) is 13.6. The van der Waals surface area contributed by atoms with Crippen LogP contribution < -0.4 is 4.74 Å². The lowest BCUT2D eigenvalue weighted by Gasteiger charge is -2.32. The number of carbonyl (C=O) groups excluding carboxylic acids is 1. The molecule has 1 aromatic carbocycles. The van der Waals surface area contributed by atoms with Gasteiger partial charge in [-0.25, -0.2) is 0 Å². The van der Waals surface area contributed by atoms with Crippen LogP contribution in [0.4, 0.5) is 0 Å². The van der Waals surface area contributed by atoms with Crippen LogP contribution in [0.2, 0.25) is 0 Å². The molecule has 1 aliphatic rings. The monoisotopic (exact) mass is 284 g/mol. The SMILES string of the molecule is CCc1cc(OC(C)=O)cc(C2=C(C)C=CCC2(C)C)c1. The van der Waals surface area contributed by atoms with E-state index in [-0.39, 0.29) is 11.4 Å². The summed E-state index contributed by atoms with van der Waals surface area (Å²) < 4.78 is 5.31. The van der Waals surface area contributed by atoms with E-state index in [1.807, 2.05) is 12.1 Å². The Balaban J connectivity index is 2.57. The Hall–Kier alpha value is -1.83. The molecule has 0 radical (unpaired) electrons. The van der Waals surface area contributed by atoms with Crippen LogP contribution in [-0.2, 0) is 11.2 Å². The first-order valence-electron chi connectivity index (χ1n) is 7.54. The van der Waals surface area contributed by atoms with E-state index in [0.29, 0.717) is 5.75 Å². The molecule has 1 aliphatic carbocycles. The maximum atomic E-state index is 11.2. The molecule has 112 valence electrons. The van der Waals surface area contributed by atoms with Crippen molar-refractivity contribution in [1.82, 2.24) is 0 Å². The molecule has 2 rings (SSSR count). The first kappa shape index (κ1) is 15.6. The van der Waals surface area contributed by atoms with Crippen LogP contribution in [0.1, 0.15) is 52.2 Å². The molecular weight excluding hydrogens is 260 g/mol. The largest absolute Gasteiger partial charge is 0.427 e. The summed E-state index contributed by atoms with van der Waals surface area (Å²) in [6, 6.07) is 6.15. The van der Waals surface area contributed by atoms with Gasteiger partial charge in [-0.05, 0) is 59.6 Å². The minimum absolute atomic E-state index is 0.0959. The van der Waals surface area contributed by atoms with E-state index in [2.05, 4.69) is 45.9 Å². The molecule has 1 aromatic rings. The lowest BCUT2D eigenvalue weighted by molar-refractivity contribution is -0.131. The van der Waals surface area contributed by atoms with E-state index in [4.69, 9.17) is 4.74 Å². The van der Waals surface area contributed by atoms with Gasteiger partial charge in [-0.1, -0.05) is 39.0 Å². The van der Waals surface area contributed by atoms with Crippen molar-refractivity contribution in [2.75, 3.05) is 0 Å². The number of hydrogen-bond donors (Lipinski definition) is 0. The van der Waals surface area contributed by atoms with E-state index in [9.17, 15) is 4.79 Å². The molecule has 0 unspecified atom stereocenters. The van der Waals surface area contributed by atoms with Crippen LogP contribution in [0.25, 0.3) is 5.57 Å². The fraction of sp³-hybridized carbons (Fsp3) is 0.421. The number of esters is 1. The van der Waals surface area contributed by atoms with E-state index in [0.717, 1.165) is 18.4 Å². The number of benzene rings is 1. The minimum atomic E-state index is -0.275. The van der Waals surface area contributed by atoms with Gasteiger partial charge in [0.15, 0.2) is 0 Å². The van der Waals surface area contributed by atoms with Crippen molar-refractivity contribution in [3.05, 3.63) is 47.1 Å². The molecule has 0 bridgehead atoms. The maximum Gasteiger partial charge on any atom is 0.308 e. The topological polar surface area (TPSA) is 26.3 Å². The van der Waals surface area contributed by atoms with Crippen molar-refractivity contribution in [3.63, 3.8) is 0 Å². The van der Waals surface area contributed by atoms with Crippen molar-refractivity contribution in [2.45, 2.75) is 47.5 Å². The second kappa shape index (κ2) is 5.88. The van der Waals surface area contributed by atoms with Crippen LogP contribution in [0, 0.1) is 5.41 Å². The van der Waals surface area contributed by atoms with Crippen LogP contribution in [0.3, 0.4) is 0 Å². The van der Waals surface area contributed by atoms with E-state index in [1.165, 1.54) is 23.6 Å². The third-order valence-corrected chi connectivity index (χ3v) is 3.99. The van der Waals surface area contributed by atoms with Gasteiger partial charge in [0.05, 0.1) is 0 Å². The number of rotatable bonds is 3. The molecule has 21 heavy (non-hydrogen) atoms. The van der Waals surface area contributed by atoms with Gasteiger partial charge in [0.25, 0.3) is 0 Å². The van der Waals surface area contributed by atoms with Gasteiger partial charge in [0.2, 0.25) is 0 Å². The van der Waals surface area contributed by atoms with Crippen molar-refractivity contribution in [2.24, 2.45) is 5.41 Å². The number of allylic oxidation sites excluding steroid dienone is 4. The van der Waals surface area contributed by atoms with Gasteiger partial charge < -0.3 is 4.74 Å². The van der Waals surface area contributed by atoms with Gasteiger partial charge in [-0.2, -0.15) is 0 Å². The number of ether oxygens (including phenoxy) is 1. The molecule has 0 aliphatic heterocycles. The summed E-state index contributed by atoms with van der Waals surface area (Å²) in [7, 11) is 0. The third kappa shape index (κ3) is 3.44. The molecule has 0 fully saturated rings. The highest BCUT2D eigenvalue weighted by Gasteiger charge is 2.27. The predicted octanol–water partition coefficient (Wildman–Crippen LogP) is 4.93. The number of hydrogen-bond acceptors (Lipinski definition) is 2. The van der Waals surface area contributed by atoms with Gasteiger partial charge >= 0.3 is 5.97 Å². The number of aryl methyl sites for hydroxylation is 1. The van der Waals surface area contributed by atoms with E-state index >= 15 is 0 Å². The lowest BCUT2D eigenvalue weighted by atomic mass is 9.72. The highest BCUT2D eigenvalue weighted by atomic mass is 16.5. The fourth-order valence-electron chi connectivity index (χ4n) is 3.10. The molecule has 0 amide bonds. The standard InChI is InChI=1S/C19H24O2/c1-6-15-10-16(12-17(11-15)21-14(3)20)18-13(2)8-7-9-19(18,4)5/h7-8,10-12H,6,9H2,1-5H3. The summed E-state index contributed by atoms with van der Waals surface area (Å²) >= 11 is 0. The molecule has 0 spiro atoms. The Morgan fingerprint density at radius 3 is 2.57 bits per heavy atom. The van der Waals surface area contributed by atoms with Gasteiger partial charge in [0.1, 0.15) is 5.75 Å². The molecular formula is C19H24O2. The zero-order chi connectivity index (χ0) is 15.6. The van der Waals surface area contributed by atoms with E-state index < -0.39 is 0 Å². The molecule has 0 N–H and O–H groups in total. The lowest BCUT2D eigenvalue weighted by Crippen LogP contribution is -2.17. The maximum absolute atomic E-state index is 11.2. The molecule has 0 atom stereocenters. The average molecular weight is 284 g/mol. The summed E-state index contributed by atoms with van der Waals surface area (Å²) in [5.74, 6) is 0.366. The molecule has 2 nitrogen and oxygen atoms in total. The summed E-state index contributed by atoms with van der Waals surface area (Å²) in [6.45, 7) is 10.2. The first-order chi connectivity index (χ1) is 9.83. The molecule has 0 saturated heterocycles. The van der Waals surface area contributed by atoms with Crippen LogP contribution >= 0.6 is 0 Å². The fourth-order valence-corrected chi connectivity index (χ4v) is 3.10. The van der Waals surface area contributed by atoms with Gasteiger partial charge in [-0.15, -0.1) is 0 Å². The highest BCUT2D eigenvalue weighted by molar-refractivity contribution is 5.77. The Bertz CT molecular complexity index is 618. The zero-order valence-corrected chi connectivity index (χ0v) is 13.6. The molecule has 0 aromatic heterocycles. The third-order valence-electron chi connectivity index (χ3n) is 3.99. The molecule has 0 heterocycles. The van der Waals surface area contributed by atoms with Crippen molar-refractivity contribution in [3.8, 4) is 5.75 Å². The van der Waals surface area contributed by atoms with Crippen molar-refractivity contribution in [1.29, 1.82) is 0 Å². The van der Waals surface area contributed by atoms with Crippen LogP contribution in [-0.4, -0.2) is 5.97 Å². The Morgan fingerprint density at radius 1 is 1.29 bits per heavy atom. The highest BCUT2D eigenvalue weighted by Crippen LogP contribution is 2.44. The normalized spacial score (nSPS) is 17.0. The predicted molar refractivity (Wildman–Crippen MR) is 87.3 cm³/mol. The van der Waals surface area contributed by atoms with E-state index in [1.54, 1.807) is 0 Å². The van der Waals surface area contributed by atoms with Gasteiger partial charge in [0, 0.05) is 6.92 Å². The quantitative estimate of drug-likeness (QED) is 0.581. The van der Waals surface area contributed by atoms with Crippen molar-refractivity contribution < 1.29 is 9.53 Å². The Labute approximate surface area is 127 Å². The Morgan fingerprint density at radius 2 is 2.00 bits per heavy atom. The summed E-state index contributed by atoms with van der Waals surface area (Å²) in [4.78, 5) is 11.2. The van der Waals surface area contributed by atoms with Gasteiger partial charge in [-0.3, -0.25) is 4.79 Å². The summed E-state index contributed by atoms with van der Waals surface area (Å²) in [5, 5.41) is 0. The van der Waals surface area contributed by atoms with Crippen molar-refractivity contribution >= 4 is 11.5 Å². The smallest absolute Gasteiger partial charge is 0.308 e. The second-order valence-electron chi connectivity index (χ2n) is 6.36. The second-order valence-corrected chi connectivity index (χ2v) is 6.36. The minimum Gasteiger partial charge on any atom is -0.427 e. The van der Waals surface area contributed by atoms with Crippen LogP contribution in [0.5, 0.6) is 5.75 Å². The number of carbonyl (C=O) groups is 1. The Kier molecular flexibility index (Phi) is 4.36. The average Bonchev–Trinajstić information content (AvgIpc) is 2.36. The van der Waals surface area contributed by atoms with Crippen LogP contribution in [0.15, 0.2) is 35.9 Å². The molecule has 0 saturated carbocycles. The molecule has 2 heteroatoms. The summed E-state index contributed by atoms with van der Waals surface area (Å²) in [6.07, 6.45) is 6.36.